The number of methoxy groups -OCH3 is 1. The minimum atomic E-state index is -0.0601. The van der Waals surface area contributed by atoms with E-state index in [4.69, 9.17) is 9.84 Å². The molecule has 2 atom stereocenters. The van der Waals surface area contributed by atoms with Crippen LogP contribution in [0.25, 0.3) is 0 Å². The van der Waals surface area contributed by atoms with Crippen LogP contribution in [0, 0.1) is 11.8 Å². The van der Waals surface area contributed by atoms with Crippen LogP contribution in [0.1, 0.15) is 40.9 Å². The van der Waals surface area contributed by atoms with Gasteiger partial charge in [-0.3, -0.25) is 4.79 Å². The second kappa shape index (κ2) is 7.44. The molecule has 1 aromatic heterocycles. The van der Waals surface area contributed by atoms with Crippen molar-refractivity contribution in [2.45, 2.75) is 37.8 Å². The summed E-state index contributed by atoms with van der Waals surface area (Å²) >= 11 is 1.40. The van der Waals surface area contributed by atoms with Gasteiger partial charge in [0.1, 0.15) is 4.88 Å². The standard InChI is InChI=1S/C15H19NO3S/c1-19-13-6-5-12(10-13)16-15(18)14-11(7-9-20-14)4-2-3-8-17/h7,9,12-13,17H,3,5-6,8,10H2,1H3,(H,16,18). The molecule has 5 heteroatoms. The molecule has 0 radical (unpaired) electrons. The molecule has 1 aliphatic carbocycles. The van der Waals surface area contributed by atoms with E-state index in [1.165, 1.54) is 11.3 Å². The number of hydrogen-bond donors (Lipinski definition) is 2. The Morgan fingerprint density at radius 1 is 1.60 bits per heavy atom. The van der Waals surface area contributed by atoms with Crippen LogP contribution in [0.3, 0.4) is 0 Å². The van der Waals surface area contributed by atoms with Crippen LogP contribution in [-0.4, -0.2) is 36.9 Å². The summed E-state index contributed by atoms with van der Waals surface area (Å²) in [7, 11) is 1.71. The van der Waals surface area contributed by atoms with Crippen LogP contribution in [0.15, 0.2) is 11.4 Å². The van der Waals surface area contributed by atoms with Crippen molar-refractivity contribution in [2.24, 2.45) is 0 Å². The number of ether oxygens (including phenoxy) is 1. The van der Waals surface area contributed by atoms with Crippen LogP contribution in [-0.2, 0) is 4.74 Å². The van der Waals surface area contributed by atoms with Crippen LogP contribution >= 0.6 is 11.3 Å². The first-order valence-corrected chi connectivity index (χ1v) is 7.63. The van der Waals surface area contributed by atoms with Crippen molar-refractivity contribution in [3.05, 3.63) is 21.9 Å². The zero-order chi connectivity index (χ0) is 14.4. The topological polar surface area (TPSA) is 58.6 Å². The number of amides is 1. The normalized spacial score (nSPS) is 21.3. The Balaban J connectivity index is 1.97. The first kappa shape index (κ1) is 15.0. The fraction of sp³-hybridized carbons (Fsp3) is 0.533. The number of rotatable bonds is 4. The summed E-state index contributed by atoms with van der Waals surface area (Å²) in [6, 6.07) is 2.03. The summed E-state index contributed by atoms with van der Waals surface area (Å²) in [6.45, 7) is 0.0408. The van der Waals surface area contributed by atoms with Gasteiger partial charge in [-0.25, -0.2) is 0 Å². The van der Waals surface area contributed by atoms with Crippen molar-refractivity contribution >= 4 is 17.2 Å². The smallest absolute Gasteiger partial charge is 0.262 e. The number of carbonyl (C=O) groups excluding carboxylic acids is 1. The van der Waals surface area contributed by atoms with Gasteiger partial charge in [0.25, 0.3) is 5.91 Å². The molecule has 108 valence electrons. The highest BCUT2D eigenvalue weighted by Crippen LogP contribution is 2.23. The maximum absolute atomic E-state index is 12.3. The summed E-state index contributed by atoms with van der Waals surface area (Å²) in [5.74, 6) is 5.72. The van der Waals surface area contributed by atoms with Gasteiger partial charge < -0.3 is 15.2 Å². The average Bonchev–Trinajstić information content (AvgIpc) is 3.07. The van der Waals surface area contributed by atoms with Gasteiger partial charge in [-0.05, 0) is 30.7 Å². The lowest BCUT2D eigenvalue weighted by Crippen LogP contribution is -2.33. The zero-order valence-corrected chi connectivity index (χ0v) is 12.3. The van der Waals surface area contributed by atoms with E-state index >= 15 is 0 Å². The molecular formula is C15H19NO3S. The third-order valence-electron chi connectivity index (χ3n) is 3.38. The Bertz CT molecular complexity index is 515. The maximum Gasteiger partial charge on any atom is 0.262 e. The molecule has 1 amide bonds. The summed E-state index contributed by atoms with van der Waals surface area (Å²) in [5, 5.41) is 13.6. The predicted octanol–water partition coefficient (Wildman–Crippen LogP) is 1.78. The second-order valence-corrected chi connectivity index (χ2v) is 5.70. The van der Waals surface area contributed by atoms with Gasteiger partial charge in [-0.15, -0.1) is 11.3 Å². The van der Waals surface area contributed by atoms with E-state index in [9.17, 15) is 4.79 Å². The van der Waals surface area contributed by atoms with Crippen LogP contribution in [0.4, 0.5) is 0 Å². The highest BCUT2D eigenvalue weighted by atomic mass is 32.1. The summed E-state index contributed by atoms with van der Waals surface area (Å²) in [5.41, 5.74) is 0.738. The van der Waals surface area contributed by atoms with Crippen molar-refractivity contribution in [1.29, 1.82) is 0 Å². The zero-order valence-electron chi connectivity index (χ0n) is 11.5. The molecule has 0 bridgehead atoms. The Hall–Kier alpha value is -1.35. The SMILES string of the molecule is COC1CCC(NC(=O)c2sccc2C#CCCO)C1. The lowest BCUT2D eigenvalue weighted by molar-refractivity contribution is 0.0918. The number of hydrogen-bond acceptors (Lipinski definition) is 4. The van der Waals surface area contributed by atoms with Gasteiger partial charge in [0, 0.05) is 25.1 Å². The Kier molecular flexibility index (Phi) is 5.60. The molecule has 4 nitrogen and oxygen atoms in total. The predicted molar refractivity (Wildman–Crippen MR) is 78.8 cm³/mol. The molecule has 2 N–H and O–H groups in total. The van der Waals surface area contributed by atoms with E-state index in [1.54, 1.807) is 7.11 Å². The molecular weight excluding hydrogens is 274 g/mol. The molecule has 20 heavy (non-hydrogen) atoms. The molecule has 1 aliphatic rings. The fourth-order valence-corrected chi connectivity index (χ4v) is 3.09. The number of carbonyl (C=O) groups is 1. The minimum absolute atomic E-state index is 0.0408. The lowest BCUT2D eigenvalue weighted by Gasteiger charge is -2.12. The third-order valence-corrected chi connectivity index (χ3v) is 4.30. The Morgan fingerprint density at radius 2 is 2.45 bits per heavy atom. The van der Waals surface area contributed by atoms with Crippen molar-refractivity contribution in [2.75, 3.05) is 13.7 Å². The van der Waals surface area contributed by atoms with E-state index in [0.717, 1.165) is 24.8 Å². The first-order chi connectivity index (χ1) is 9.74. The summed E-state index contributed by atoms with van der Waals surface area (Å²) in [6.07, 6.45) is 3.51. The van der Waals surface area contributed by atoms with Gasteiger partial charge in [-0.2, -0.15) is 0 Å². The Morgan fingerprint density at radius 3 is 3.15 bits per heavy atom. The van der Waals surface area contributed by atoms with E-state index in [1.807, 2.05) is 11.4 Å². The molecule has 0 saturated heterocycles. The van der Waals surface area contributed by atoms with Crippen molar-refractivity contribution in [3.8, 4) is 11.8 Å². The van der Waals surface area contributed by atoms with Crippen LogP contribution < -0.4 is 5.32 Å². The number of nitrogens with one attached hydrogen (secondary N) is 1. The molecule has 2 rings (SSSR count). The molecule has 2 unspecified atom stereocenters. The fourth-order valence-electron chi connectivity index (χ4n) is 2.33. The summed E-state index contributed by atoms with van der Waals surface area (Å²) in [4.78, 5) is 12.9. The second-order valence-electron chi connectivity index (χ2n) is 4.78. The lowest BCUT2D eigenvalue weighted by atomic mass is 10.2. The highest BCUT2D eigenvalue weighted by Gasteiger charge is 2.26. The molecule has 1 aromatic rings. The van der Waals surface area contributed by atoms with Gasteiger partial charge in [0.2, 0.25) is 0 Å². The molecule has 1 fully saturated rings. The number of aliphatic hydroxyl groups is 1. The van der Waals surface area contributed by atoms with E-state index < -0.39 is 0 Å². The average molecular weight is 293 g/mol. The molecule has 1 heterocycles. The molecule has 0 aromatic carbocycles. The summed E-state index contributed by atoms with van der Waals surface area (Å²) < 4.78 is 5.31. The minimum Gasteiger partial charge on any atom is -0.395 e. The van der Waals surface area contributed by atoms with Gasteiger partial charge in [0.05, 0.1) is 12.7 Å². The van der Waals surface area contributed by atoms with Gasteiger partial charge >= 0.3 is 0 Å². The number of aliphatic hydroxyl groups excluding tert-OH is 1. The molecule has 0 aliphatic heterocycles. The van der Waals surface area contributed by atoms with Crippen molar-refractivity contribution < 1.29 is 14.6 Å². The van der Waals surface area contributed by atoms with Crippen LogP contribution in [0.5, 0.6) is 0 Å². The molecule has 1 saturated carbocycles. The van der Waals surface area contributed by atoms with E-state index in [0.29, 0.717) is 11.3 Å². The monoisotopic (exact) mass is 293 g/mol. The Labute approximate surface area is 123 Å². The van der Waals surface area contributed by atoms with E-state index in [2.05, 4.69) is 17.2 Å². The van der Waals surface area contributed by atoms with Crippen molar-refractivity contribution in [1.82, 2.24) is 5.32 Å². The maximum atomic E-state index is 12.3. The largest absolute Gasteiger partial charge is 0.395 e. The van der Waals surface area contributed by atoms with Gasteiger partial charge in [0.15, 0.2) is 0 Å². The third kappa shape index (κ3) is 3.83. The number of thiophene rings is 1. The first-order valence-electron chi connectivity index (χ1n) is 6.75. The highest BCUT2D eigenvalue weighted by molar-refractivity contribution is 7.12. The quantitative estimate of drug-likeness (QED) is 0.832. The van der Waals surface area contributed by atoms with Gasteiger partial charge in [-0.1, -0.05) is 11.8 Å². The molecule has 0 spiro atoms. The van der Waals surface area contributed by atoms with Crippen LogP contribution in [0.2, 0.25) is 0 Å². The van der Waals surface area contributed by atoms with Crippen molar-refractivity contribution in [3.63, 3.8) is 0 Å². The van der Waals surface area contributed by atoms with E-state index in [-0.39, 0.29) is 24.7 Å².